The molecular weight excluding hydrogens is 483 g/mol. The molecule has 35 heavy (non-hydrogen) atoms. The summed E-state index contributed by atoms with van der Waals surface area (Å²) in [4.78, 5) is 30.1. The van der Waals surface area contributed by atoms with Gasteiger partial charge >= 0.3 is 6.18 Å². The fraction of sp³-hybridized carbons (Fsp3) is 0.167. The predicted octanol–water partition coefficient (Wildman–Crippen LogP) is 5.48. The van der Waals surface area contributed by atoms with Crippen LogP contribution in [-0.4, -0.2) is 32.6 Å². The number of carbonyl (C=O) groups is 2. The summed E-state index contributed by atoms with van der Waals surface area (Å²) in [6.07, 6.45) is -3.50. The number of fused-ring (bicyclic) bond motifs is 1. The number of aromatic nitrogens is 3. The molecule has 0 radical (unpaired) electrons. The molecule has 0 unspecified atom stereocenters. The third-order valence-corrected chi connectivity index (χ3v) is 5.27. The smallest absolute Gasteiger partial charge is 0.350 e. The molecule has 0 saturated carbocycles. The maximum atomic E-state index is 13.4. The molecule has 2 aromatic carbocycles. The van der Waals surface area contributed by atoms with Gasteiger partial charge in [0.15, 0.2) is 11.5 Å². The quantitative estimate of drug-likeness (QED) is 0.379. The molecule has 0 spiro atoms. The van der Waals surface area contributed by atoms with Crippen LogP contribution in [0.5, 0.6) is 0 Å². The standard InChI is InChI=1S/C24H19ClF3N5O2/c1-13(2)30-22(34)16-10-14-6-3-4-7-15(14)11-18(16)31-23(35)19-12-20(24(26,27)28)32-33(19)21-17(25)8-5-9-29-21/h3-13H,1-2H3,(H,30,34)(H,31,35). The Bertz CT molecular complexity index is 1430. The van der Waals surface area contributed by atoms with Gasteiger partial charge in [-0.05, 0) is 48.9 Å². The molecule has 7 nitrogen and oxygen atoms in total. The van der Waals surface area contributed by atoms with Gasteiger partial charge in [-0.3, -0.25) is 9.59 Å². The van der Waals surface area contributed by atoms with Crippen molar-refractivity contribution >= 4 is 39.9 Å². The van der Waals surface area contributed by atoms with Gasteiger partial charge in [0.1, 0.15) is 5.69 Å². The minimum absolute atomic E-state index is 0.001000. The lowest BCUT2D eigenvalue weighted by Gasteiger charge is -2.15. The summed E-state index contributed by atoms with van der Waals surface area (Å²) < 4.78 is 41.1. The van der Waals surface area contributed by atoms with Crippen LogP contribution < -0.4 is 10.6 Å². The van der Waals surface area contributed by atoms with Crippen LogP contribution in [-0.2, 0) is 6.18 Å². The maximum absolute atomic E-state index is 13.4. The van der Waals surface area contributed by atoms with Crippen molar-refractivity contribution < 1.29 is 22.8 Å². The molecule has 4 aromatic rings. The van der Waals surface area contributed by atoms with Crippen molar-refractivity contribution in [2.24, 2.45) is 0 Å². The summed E-state index contributed by atoms with van der Waals surface area (Å²) in [6.45, 7) is 3.57. The minimum Gasteiger partial charge on any atom is -0.350 e. The monoisotopic (exact) mass is 501 g/mol. The number of hydrogen-bond donors (Lipinski definition) is 2. The lowest BCUT2D eigenvalue weighted by atomic mass is 10.0. The van der Waals surface area contributed by atoms with E-state index >= 15 is 0 Å². The Hall–Kier alpha value is -3.92. The average molecular weight is 502 g/mol. The van der Waals surface area contributed by atoms with Crippen LogP contribution in [0.25, 0.3) is 16.6 Å². The number of rotatable bonds is 5. The molecule has 2 amide bonds. The summed E-state index contributed by atoms with van der Waals surface area (Å²) >= 11 is 6.11. The van der Waals surface area contributed by atoms with E-state index in [1.54, 1.807) is 50.2 Å². The van der Waals surface area contributed by atoms with E-state index in [0.717, 1.165) is 15.5 Å². The van der Waals surface area contributed by atoms with Crippen molar-refractivity contribution in [3.05, 3.63) is 82.8 Å². The molecule has 180 valence electrons. The molecule has 0 atom stereocenters. The molecule has 0 aliphatic carbocycles. The van der Waals surface area contributed by atoms with E-state index in [0.29, 0.717) is 6.07 Å². The van der Waals surface area contributed by atoms with Gasteiger partial charge in [0.05, 0.1) is 16.3 Å². The first kappa shape index (κ1) is 24.2. The molecule has 0 fully saturated rings. The Morgan fingerprint density at radius 3 is 2.31 bits per heavy atom. The topological polar surface area (TPSA) is 88.9 Å². The first-order chi connectivity index (χ1) is 16.5. The number of alkyl halides is 3. The molecule has 2 N–H and O–H groups in total. The molecule has 11 heteroatoms. The minimum atomic E-state index is -4.81. The van der Waals surface area contributed by atoms with Gasteiger partial charge in [-0.25, -0.2) is 9.67 Å². The van der Waals surface area contributed by atoms with Crippen LogP contribution >= 0.6 is 11.6 Å². The Labute approximate surface area is 202 Å². The van der Waals surface area contributed by atoms with E-state index in [2.05, 4.69) is 20.7 Å². The van der Waals surface area contributed by atoms with Crippen molar-refractivity contribution in [2.45, 2.75) is 26.1 Å². The Morgan fingerprint density at radius 2 is 1.69 bits per heavy atom. The molecule has 0 saturated heterocycles. The summed E-state index contributed by atoms with van der Waals surface area (Å²) in [5.74, 6) is -1.52. The average Bonchev–Trinajstić information content (AvgIpc) is 3.24. The largest absolute Gasteiger partial charge is 0.435 e. The second-order valence-corrected chi connectivity index (χ2v) is 8.37. The SMILES string of the molecule is CC(C)NC(=O)c1cc2ccccc2cc1NC(=O)c1cc(C(F)(F)F)nn1-c1ncccc1Cl. The van der Waals surface area contributed by atoms with Crippen LogP contribution in [0.1, 0.15) is 40.4 Å². The van der Waals surface area contributed by atoms with Crippen LogP contribution in [0.15, 0.2) is 60.8 Å². The van der Waals surface area contributed by atoms with Gasteiger partial charge in [0.2, 0.25) is 0 Å². The van der Waals surface area contributed by atoms with Crippen molar-refractivity contribution in [2.75, 3.05) is 5.32 Å². The Morgan fingerprint density at radius 1 is 1.00 bits per heavy atom. The molecule has 0 aliphatic heterocycles. The fourth-order valence-electron chi connectivity index (χ4n) is 3.43. The number of pyridine rings is 1. The highest BCUT2D eigenvalue weighted by Gasteiger charge is 2.36. The van der Waals surface area contributed by atoms with Crippen molar-refractivity contribution in [1.82, 2.24) is 20.1 Å². The lowest BCUT2D eigenvalue weighted by molar-refractivity contribution is -0.141. The van der Waals surface area contributed by atoms with Crippen LogP contribution in [0.4, 0.5) is 18.9 Å². The first-order valence-electron chi connectivity index (χ1n) is 10.5. The summed E-state index contributed by atoms with van der Waals surface area (Å²) in [5.41, 5.74) is -1.47. The third kappa shape index (κ3) is 5.12. The van der Waals surface area contributed by atoms with Gasteiger partial charge in [0, 0.05) is 18.3 Å². The highest BCUT2D eigenvalue weighted by molar-refractivity contribution is 6.32. The third-order valence-electron chi connectivity index (χ3n) is 4.97. The number of benzene rings is 2. The Kier molecular flexibility index (Phi) is 6.49. The molecule has 2 aromatic heterocycles. The second kappa shape index (κ2) is 9.38. The van der Waals surface area contributed by atoms with Gasteiger partial charge in [-0.1, -0.05) is 35.9 Å². The van der Waals surface area contributed by atoms with E-state index in [1.165, 1.54) is 18.3 Å². The van der Waals surface area contributed by atoms with Gasteiger partial charge in [-0.15, -0.1) is 0 Å². The molecule has 0 aliphatic rings. The number of hydrogen-bond acceptors (Lipinski definition) is 4. The fourth-order valence-corrected chi connectivity index (χ4v) is 3.64. The van der Waals surface area contributed by atoms with Crippen molar-refractivity contribution in [3.8, 4) is 5.82 Å². The van der Waals surface area contributed by atoms with Gasteiger partial charge in [-0.2, -0.15) is 18.3 Å². The van der Waals surface area contributed by atoms with Crippen molar-refractivity contribution in [1.29, 1.82) is 0 Å². The van der Waals surface area contributed by atoms with E-state index in [1.807, 2.05) is 0 Å². The molecule has 0 bridgehead atoms. The number of nitrogens with one attached hydrogen (secondary N) is 2. The highest BCUT2D eigenvalue weighted by atomic mass is 35.5. The van der Waals surface area contributed by atoms with E-state index in [4.69, 9.17) is 11.6 Å². The van der Waals surface area contributed by atoms with Crippen LogP contribution in [0.3, 0.4) is 0 Å². The summed E-state index contributed by atoms with van der Waals surface area (Å²) in [7, 11) is 0. The number of anilines is 1. The van der Waals surface area contributed by atoms with E-state index in [9.17, 15) is 22.8 Å². The summed E-state index contributed by atoms with van der Waals surface area (Å²) in [6, 6.07) is 13.7. The molecule has 2 heterocycles. The van der Waals surface area contributed by atoms with Crippen LogP contribution in [0, 0.1) is 0 Å². The van der Waals surface area contributed by atoms with Crippen LogP contribution in [0.2, 0.25) is 5.02 Å². The van der Waals surface area contributed by atoms with E-state index in [-0.39, 0.29) is 28.1 Å². The first-order valence-corrected chi connectivity index (χ1v) is 10.9. The molecule has 4 rings (SSSR count). The number of halogens is 4. The number of nitrogens with zero attached hydrogens (tertiary/aromatic N) is 3. The highest BCUT2D eigenvalue weighted by Crippen LogP contribution is 2.31. The zero-order chi connectivity index (χ0) is 25.3. The second-order valence-electron chi connectivity index (χ2n) is 7.96. The molecular formula is C24H19ClF3N5O2. The predicted molar refractivity (Wildman–Crippen MR) is 126 cm³/mol. The Balaban J connectivity index is 1.81. The zero-order valence-corrected chi connectivity index (χ0v) is 19.3. The maximum Gasteiger partial charge on any atom is 0.435 e. The van der Waals surface area contributed by atoms with E-state index < -0.39 is 29.4 Å². The van der Waals surface area contributed by atoms with Gasteiger partial charge < -0.3 is 10.6 Å². The summed E-state index contributed by atoms with van der Waals surface area (Å²) in [5, 5.41) is 10.3. The van der Waals surface area contributed by atoms with Gasteiger partial charge in [0.25, 0.3) is 11.8 Å². The van der Waals surface area contributed by atoms with Crippen molar-refractivity contribution in [3.63, 3.8) is 0 Å². The lowest BCUT2D eigenvalue weighted by Crippen LogP contribution is -2.31. The number of amides is 2. The zero-order valence-electron chi connectivity index (χ0n) is 18.5. The number of carbonyl (C=O) groups excluding carboxylic acids is 2. The normalized spacial score (nSPS) is 11.6.